The van der Waals surface area contributed by atoms with E-state index in [1.807, 2.05) is 0 Å². The van der Waals surface area contributed by atoms with Crippen molar-refractivity contribution in [1.29, 1.82) is 0 Å². The predicted octanol–water partition coefficient (Wildman–Crippen LogP) is 4.93. The van der Waals surface area contributed by atoms with Crippen LogP contribution in [0.3, 0.4) is 0 Å². The van der Waals surface area contributed by atoms with E-state index in [9.17, 15) is 14.4 Å². The molecule has 5 heteroatoms. The molecule has 0 amide bonds. The summed E-state index contributed by atoms with van der Waals surface area (Å²) in [6, 6.07) is 0. The summed E-state index contributed by atoms with van der Waals surface area (Å²) in [6.45, 7) is 6.52. The second-order valence-electron chi connectivity index (χ2n) is 10.8. The van der Waals surface area contributed by atoms with Crippen molar-refractivity contribution in [2.45, 2.75) is 91.1 Å². The van der Waals surface area contributed by atoms with E-state index in [1.165, 1.54) is 19.3 Å². The smallest absolute Gasteiger partial charge is 0.306 e. The molecule has 5 nitrogen and oxygen atoms in total. The number of Topliss-reactive ketones (excluding diaryl/α,β-unsaturated/α-hetero) is 1. The van der Waals surface area contributed by atoms with Crippen molar-refractivity contribution in [3.63, 3.8) is 0 Å². The van der Waals surface area contributed by atoms with Crippen LogP contribution in [0.15, 0.2) is 11.6 Å². The minimum absolute atomic E-state index is 0.0375. The van der Waals surface area contributed by atoms with E-state index in [0.717, 1.165) is 37.7 Å². The number of esters is 1. The largest absolute Gasteiger partial charge is 0.481 e. The van der Waals surface area contributed by atoms with Crippen molar-refractivity contribution in [2.75, 3.05) is 0 Å². The molecule has 1 N–H and O–H groups in total. The first-order chi connectivity index (χ1) is 14.1. The molecule has 3 fully saturated rings. The van der Waals surface area contributed by atoms with Crippen LogP contribution in [0.5, 0.6) is 0 Å². The van der Waals surface area contributed by atoms with Crippen LogP contribution in [0.2, 0.25) is 0 Å². The summed E-state index contributed by atoms with van der Waals surface area (Å²) in [7, 11) is 0. The Kier molecular flexibility index (Phi) is 5.61. The Morgan fingerprint density at radius 1 is 1.07 bits per heavy atom. The van der Waals surface area contributed by atoms with Gasteiger partial charge < -0.3 is 9.84 Å². The topological polar surface area (TPSA) is 80.7 Å². The number of aliphatic carboxylic acids is 1. The molecule has 4 aliphatic carbocycles. The maximum atomic E-state index is 12.2. The van der Waals surface area contributed by atoms with E-state index in [-0.39, 0.29) is 41.5 Å². The molecule has 0 aromatic heterocycles. The molecule has 0 bridgehead atoms. The molecule has 0 spiro atoms. The molecule has 0 radical (unpaired) electrons. The number of carbonyl (C=O) groups excluding carboxylic acids is 2. The molecule has 4 rings (SSSR count). The highest BCUT2D eigenvalue weighted by molar-refractivity contribution is 5.95. The number of rotatable bonds is 5. The molecule has 166 valence electrons. The van der Waals surface area contributed by atoms with Crippen molar-refractivity contribution in [2.24, 2.45) is 34.5 Å². The fourth-order valence-electron chi connectivity index (χ4n) is 7.89. The monoisotopic (exact) mass is 416 g/mol. The van der Waals surface area contributed by atoms with Crippen LogP contribution < -0.4 is 0 Å². The van der Waals surface area contributed by atoms with E-state index >= 15 is 0 Å². The van der Waals surface area contributed by atoms with Crippen molar-refractivity contribution in [1.82, 2.24) is 0 Å². The third kappa shape index (κ3) is 3.52. The van der Waals surface area contributed by atoms with E-state index < -0.39 is 5.97 Å². The highest BCUT2D eigenvalue weighted by Gasteiger charge is 2.59. The molecule has 0 heterocycles. The van der Waals surface area contributed by atoms with Crippen LogP contribution in [0, 0.1) is 34.5 Å². The number of ether oxygens (including phenoxy) is 1. The van der Waals surface area contributed by atoms with Crippen molar-refractivity contribution in [3.8, 4) is 0 Å². The average molecular weight is 417 g/mol. The van der Waals surface area contributed by atoms with Crippen molar-refractivity contribution in [3.05, 3.63) is 11.6 Å². The van der Waals surface area contributed by atoms with Gasteiger partial charge in [-0.1, -0.05) is 19.9 Å². The third-order valence-corrected chi connectivity index (χ3v) is 9.42. The zero-order chi connectivity index (χ0) is 21.7. The molecule has 30 heavy (non-hydrogen) atoms. The lowest BCUT2D eigenvalue weighted by molar-refractivity contribution is -0.162. The number of ketones is 1. The van der Waals surface area contributed by atoms with Crippen molar-refractivity contribution >= 4 is 17.7 Å². The molecule has 0 aliphatic heterocycles. The van der Waals surface area contributed by atoms with Gasteiger partial charge in [0.15, 0.2) is 5.78 Å². The Balaban J connectivity index is 1.42. The van der Waals surface area contributed by atoms with Gasteiger partial charge in [-0.3, -0.25) is 14.4 Å². The Morgan fingerprint density at radius 3 is 2.53 bits per heavy atom. The van der Waals surface area contributed by atoms with Gasteiger partial charge in [-0.15, -0.1) is 0 Å². The van der Waals surface area contributed by atoms with Gasteiger partial charge in [0.25, 0.3) is 0 Å². The molecule has 3 saturated carbocycles. The van der Waals surface area contributed by atoms with Gasteiger partial charge in [0.1, 0.15) is 6.10 Å². The molecule has 7 atom stereocenters. The van der Waals surface area contributed by atoms with Gasteiger partial charge in [-0.2, -0.15) is 0 Å². The Bertz CT molecular complexity index is 770. The zero-order valence-electron chi connectivity index (χ0n) is 18.6. The summed E-state index contributed by atoms with van der Waals surface area (Å²) in [5, 5.41) is 8.77. The molecule has 0 saturated heterocycles. The molecular formula is C25H36O5. The maximum absolute atomic E-state index is 12.2. The number of carboxylic acids is 1. The average Bonchev–Trinajstić information content (AvgIpc) is 3.04. The summed E-state index contributed by atoms with van der Waals surface area (Å²) in [5.74, 6) is 1.46. The summed E-state index contributed by atoms with van der Waals surface area (Å²) < 4.78 is 5.65. The lowest BCUT2D eigenvalue weighted by Gasteiger charge is -2.60. The zero-order valence-corrected chi connectivity index (χ0v) is 18.6. The summed E-state index contributed by atoms with van der Waals surface area (Å²) in [4.78, 5) is 34.9. The summed E-state index contributed by atoms with van der Waals surface area (Å²) >= 11 is 0. The number of hydrogen-bond donors (Lipinski definition) is 1. The molecule has 0 aromatic carbocycles. The number of hydrogen-bond acceptors (Lipinski definition) is 4. The van der Waals surface area contributed by atoms with Gasteiger partial charge in [0, 0.05) is 0 Å². The van der Waals surface area contributed by atoms with Gasteiger partial charge in [-0.25, -0.2) is 0 Å². The first-order valence-electron chi connectivity index (χ1n) is 11.8. The van der Waals surface area contributed by atoms with Crippen LogP contribution >= 0.6 is 0 Å². The van der Waals surface area contributed by atoms with Crippen molar-refractivity contribution < 1.29 is 24.2 Å². The Hall–Kier alpha value is -1.65. The third-order valence-electron chi connectivity index (χ3n) is 9.42. The SMILES string of the molecule is CC(=O)C1=CC[C@@H]2[C@H]3CC[C@H]4C[C@@H](OC(=O)CCC(=O)O)CC[C@]4(C)[C@@H]3CC[C@]12C. The highest BCUT2D eigenvalue weighted by atomic mass is 16.5. The number of carboxylic acid groups (broad SMARTS) is 1. The first kappa shape index (κ1) is 21.6. The predicted molar refractivity (Wildman–Crippen MR) is 113 cm³/mol. The number of fused-ring (bicyclic) bond motifs is 5. The summed E-state index contributed by atoms with van der Waals surface area (Å²) in [6.07, 6.45) is 10.6. The summed E-state index contributed by atoms with van der Waals surface area (Å²) in [5.41, 5.74) is 1.43. The van der Waals surface area contributed by atoms with Gasteiger partial charge in [0.05, 0.1) is 12.8 Å². The minimum atomic E-state index is -0.958. The molecule has 0 unspecified atom stereocenters. The normalized spacial score (nSPS) is 42.4. The molecule has 0 aromatic rings. The van der Waals surface area contributed by atoms with Crippen LogP contribution in [-0.4, -0.2) is 28.9 Å². The fraction of sp³-hybridized carbons (Fsp3) is 0.800. The maximum Gasteiger partial charge on any atom is 0.306 e. The van der Waals surface area contributed by atoms with E-state index in [0.29, 0.717) is 23.7 Å². The van der Waals surface area contributed by atoms with E-state index in [4.69, 9.17) is 9.84 Å². The lowest BCUT2D eigenvalue weighted by Crippen LogP contribution is -2.54. The first-order valence-corrected chi connectivity index (χ1v) is 11.8. The fourth-order valence-corrected chi connectivity index (χ4v) is 7.89. The molecular weight excluding hydrogens is 380 g/mol. The van der Waals surface area contributed by atoms with Gasteiger partial charge in [0.2, 0.25) is 0 Å². The molecule has 4 aliphatic rings. The quantitative estimate of drug-likeness (QED) is 0.643. The van der Waals surface area contributed by atoms with Crippen LogP contribution in [0.4, 0.5) is 0 Å². The second kappa shape index (κ2) is 7.80. The highest BCUT2D eigenvalue weighted by Crippen LogP contribution is 2.66. The van der Waals surface area contributed by atoms with Crippen LogP contribution in [-0.2, 0) is 19.1 Å². The van der Waals surface area contributed by atoms with E-state index in [2.05, 4.69) is 19.9 Å². The minimum Gasteiger partial charge on any atom is -0.481 e. The number of carbonyl (C=O) groups is 3. The standard InChI is InChI=1S/C25H36O5/c1-15(26)19-6-7-20-18-5-4-16-14-17(30-23(29)9-8-22(27)28)10-12-24(16,2)21(18)11-13-25(19,20)3/h6,16-18,20-21H,4-5,7-14H2,1-3H3,(H,27,28)/t16-,17-,18+,20+,21+,24-,25+/m0/s1. The van der Waals surface area contributed by atoms with Gasteiger partial charge >= 0.3 is 11.9 Å². The lowest BCUT2D eigenvalue weighted by atomic mass is 9.44. The van der Waals surface area contributed by atoms with E-state index in [1.54, 1.807) is 6.92 Å². The number of allylic oxidation sites excluding steroid dienone is 2. The van der Waals surface area contributed by atoms with Gasteiger partial charge in [-0.05, 0) is 98.4 Å². The Labute approximate surface area is 179 Å². The second-order valence-corrected chi connectivity index (χ2v) is 10.8. The van der Waals surface area contributed by atoms with Crippen LogP contribution in [0.25, 0.3) is 0 Å². The Morgan fingerprint density at radius 2 is 1.83 bits per heavy atom. The van der Waals surface area contributed by atoms with Crippen LogP contribution in [0.1, 0.15) is 85.0 Å².